The lowest BCUT2D eigenvalue weighted by atomic mass is 9.82. The van der Waals surface area contributed by atoms with Crippen LogP contribution in [-0.4, -0.2) is 330 Å². The molecular formula is C70H132N16O22. The highest BCUT2D eigenvalue weighted by atomic mass is 16.7. The van der Waals surface area contributed by atoms with Crippen LogP contribution in [0.2, 0.25) is 0 Å². The Bertz CT molecular complexity index is 2810. The summed E-state index contributed by atoms with van der Waals surface area (Å²) in [5.41, 5.74) is 8.47. The fourth-order valence-electron chi connectivity index (χ4n) is 13.2. The number of aromatic nitrogens is 3. The highest BCUT2D eigenvalue weighted by Gasteiger charge is 2.48. The highest BCUT2D eigenvalue weighted by Crippen LogP contribution is 2.32. The zero-order chi connectivity index (χ0) is 78.6. The molecule has 5 heterocycles. The Morgan fingerprint density at radius 3 is 1.44 bits per heavy atom. The largest absolute Gasteiger partial charge is 0.394 e. The number of carbonyl (C=O) groups is 2. The molecule has 5 rings (SSSR count). The molecule has 38 heteroatoms. The summed E-state index contributed by atoms with van der Waals surface area (Å²) in [5, 5.41) is 148. The Morgan fingerprint density at radius 2 is 1.00 bits per heavy atom. The number of carbonyl (C=O) groups excluding carboxylic acids is 2. The van der Waals surface area contributed by atoms with Crippen molar-refractivity contribution in [2.75, 3.05) is 92.1 Å². The fourth-order valence-corrected chi connectivity index (χ4v) is 13.2. The van der Waals surface area contributed by atoms with Gasteiger partial charge in [0, 0.05) is 122 Å². The summed E-state index contributed by atoms with van der Waals surface area (Å²) in [5.74, 6) is 10.7. The number of aliphatic hydroxyl groups excluding tert-OH is 12. The van der Waals surface area contributed by atoms with E-state index >= 15 is 0 Å². The zero-order valence-corrected chi connectivity index (χ0v) is 64.3. The molecule has 1 aromatic heterocycles. The molecular weight excluding hydrogens is 1420 g/mol. The summed E-state index contributed by atoms with van der Waals surface area (Å²) in [7, 11) is 0. The van der Waals surface area contributed by atoms with Crippen LogP contribution in [0.25, 0.3) is 0 Å². The number of hydrogen-bond acceptors (Lipinski definition) is 35. The van der Waals surface area contributed by atoms with E-state index in [0.717, 1.165) is 44.2 Å². The van der Waals surface area contributed by atoms with Gasteiger partial charge in [0.25, 0.3) is 0 Å². The molecule has 108 heavy (non-hydrogen) atoms. The number of hydrogen-bond donors (Lipinski definition) is 19. The van der Waals surface area contributed by atoms with Crippen molar-refractivity contribution < 1.29 is 109 Å². The smallest absolute Gasteiger partial charge is 0.217 e. The first-order valence-electron chi connectivity index (χ1n) is 37.8. The maximum atomic E-state index is 11.9. The van der Waals surface area contributed by atoms with E-state index in [9.17, 15) is 70.9 Å². The Hall–Kier alpha value is -5.38. The van der Waals surface area contributed by atoms with E-state index < -0.39 is 161 Å². The molecule has 24 N–H and O–H groups in total. The zero-order valence-electron chi connectivity index (χ0n) is 64.3. The van der Waals surface area contributed by atoms with Gasteiger partial charge < -0.3 is 144 Å². The molecule has 0 aromatic carbocycles. The molecule has 4 fully saturated rings. The topological polar surface area (TPSA) is 587 Å². The maximum Gasteiger partial charge on any atom is 0.217 e. The molecule has 38 nitrogen and oxygen atoms in total. The van der Waals surface area contributed by atoms with Crippen molar-refractivity contribution >= 4 is 35.7 Å². The second kappa shape index (κ2) is 50.6. The molecule has 1 aromatic rings. The predicted octanol–water partition coefficient (Wildman–Crippen LogP) is -2.97. The van der Waals surface area contributed by atoms with E-state index in [2.05, 4.69) is 72.0 Å². The Labute approximate surface area is 634 Å². The van der Waals surface area contributed by atoms with Crippen LogP contribution in [0.1, 0.15) is 150 Å². The van der Waals surface area contributed by atoms with E-state index in [-0.39, 0.29) is 37.4 Å². The monoisotopic (exact) mass is 1550 g/mol. The minimum absolute atomic E-state index is 0. The molecule has 0 aliphatic carbocycles. The SMILES string of the molecule is CC(=O)N[C@H]1[C@H](OCCCCCN=CC(CN(CCCCC(N(CC(C=NCCCCCO[C@@H]2O[C@H](CO)[C@H](O)[C@H](O)[C@H]2C)=NN)/C(N)=C/NCCCCCO[C@@H]2O[C@H](CO)[C@H](O)[C@H](O)[C@H]2NC(C)=O)C(C)(C)C)Cc2cn(CCCCCO[C@@H]3O[C@H](CO)[C@H](O)[C@H](O)[C@H]3C)nn2)=NN)O[C@H](CO)[C@H](O)[C@@H]1O.N. The molecule has 0 radical (unpaired) electrons. The van der Waals surface area contributed by atoms with Crippen molar-refractivity contribution in [3.05, 3.63) is 23.9 Å². The van der Waals surface area contributed by atoms with Crippen LogP contribution >= 0.6 is 0 Å². The highest BCUT2D eigenvalue weighted by molar-refractivity contribution is 6.32. The summed E-state index contributed by atoms with van der Waals surface area (Å²) in [4.78, 5) is 37.5. The van der Waals surface area contributed by atoms with E-state index in [1.807, 2.05) is 6.20 Å². The first-order chi connectivity index (χ1) is 51.2. The van der Waals surface area contributed by atoms with Crippen molar-refractivity contribution in [1.29, 1.82) is 0 Å². The average Bonchev–Trinajstić information content (AvgIpc) is 1.11. The Balaban J connectivity index is 0.0000246. The number of ether oxygens (including phenoxy) is 8. The predicted molar refractivity (Wildman–Crippen MR) is 398 cm³/mol. The molecule has 2 amide bonds. The Morgan fingerprint density at radius 1 is 0.583 bits per heavy atom. The van der Waals surface area contributed by atoms with Gasteiger partial charge in [-0.3, -0.25) is 29.2 Å². The minimum atomic E-state index is -1.42. The lowest BCUT2D eigenvalue weighted by Crippen LogP contribution is -2.64. The van der Waals surface area contributed by atoms with Gasteiger partial charge in [-0.1, -0.05) is 46.3 Å². The first kappa shape index (κ1) is 95.0. The summed E-state index contributed by atoms with van der Waals surface area (Å²) >= 11 is 0. The third kappa shape index (κ3) is 31.3. The quantitative estimate of drug-likeness (QED) is 0.0134. The Kier molecular flexibility index (Phi) is 44.5. The number of aliphatic hydroxyl groups is 12. The third-order valence-corrected chi connectivity index (χ3v) is 19.5. The van der Waals surface area contributed by atoms with Gasteiger partial charge in [-0.15, -0.1) is 5.10 Å². The van der Waals surface area contributed by atoms with Crippen LogP contribution in [0.5, 0.6) is 0 Å². The normalized spacial score (nSPS) is 29.9. The molecule has 0 saturated carbocycles. The van der Waals surface area contributed by atoms with E-state index in [4.69, 9.17) is 60.3 Å². The molecule has 0 spiro atoms. The lowest BCUT2D eigenvalue weighted by Gasteiger charge is -2.42. The fraction of sp³-hybridized carbons (Fsp3) is 0.857. The van der Waals surface area contributed by atoms with Crippen LogP contribution < -0.4 is 39.5 Å². The van der Waals surface area contributed by atoms with Crippen molar-refractivity contribution in [3.8, 4) is 0 Å². The molecule has 21 atom stereocenters. The number of aliphatic imine (C=N–C) groups is 2. The summed E-state index contributed by atoms with van der Waals surface area (Å²) in [6.45, 7) is 15.1. The number of hydrazone groups is 2. The molecule has 4 aliphatic rings. The summed E-state index contributed by atoms with van der Waals surface area (Å²) in [6, 6.07) is -2.25. The first-order valence-corrected chi connectivity index (χ1v) is 37.8. The van der Waals surface area contributed by atoms with Crippen molar-refractivity contribution in [2.45, 2.75) is 274 Å². The third-order valence-electron chi connectivity index (χ3n) is 19.5. The number of amides is 2. The van der Waals surface area contributed by atoms with Crippen molar-refractivity contribution in [3.63, 3.8) is 0 Å². The second-order valence-electron chi connectivity index (χ2n) is 29.2. The van der Waals surface area contributed by atoms with E-state index in [1.54, 1.807) is 37.2 Å². The molecule has 624 valence electrons. The summed E-state index contributed by atoms with van der Waals surface area (Å²) < 4.78 is 48.2. The number of rotatable bonds is 50. The van der Waals surface area contributed by atoms with E-state index in [1.165, 1.54) is 13.8 Å². The number of aryl methyl sites for hydroxylation is 1. The van der Waals surface area contributed by atoms with Gasteiger partial charge in [-0.2, -0.15) is 10.2 Å². The number of unbranched alkanes of at least 4 members (excludes halogenated alkanes) is 9. The van der Waals surface area contributed by atoms with Gasteiger partial charge in [-0.25, -0.2) is 0 Å². The van der Waals surface area contributed by atoms with Crippen molar-refractivity contribution in [2.24, 2.45) is 54.9 Å². The van der Waals surface area contributed by atoms with Crippen LogP contribution in [-0.2, 0) is 60.6 Å². The van der Waals surface area contributed by atoms with Crippen molar-refractivity contribution in [1.82, 2.24) is 46.9 Å². The van der Waals surface area contributed by atoms with Crippen LogP contribution in [0, 0.1) is 17.3 Å². The van der Waals surface area contributed by atoms with Crippen LogP contribution in [0.15, 0.2) is 38.4 Å². The van der Waals surface area contributed by atoms with Crippen LogP contribution in [0.4, 0.5) is 0 Å². The minimum Gasteiger partial charge on any atom is -0.394 e. The molecule has 4 saturated heterocycles. The average molecular weight is 1550 g/mol. The van der Waals surface area contributed by atoms with Gasteiger partial charge in [0.1, 0.15) is 78.9 Å². The maximum absolute atomic E-state index is 11.9. The molecule has 4 aliphatic heterocycles. The summed E-state index contributed by atoms with van der Waals surface area (Å²) in [6.07, 6.45) is -0.574. The van der Waals surface area contributed by atoms with Gasteiger partial charge in [0.2, 0.25) is 11.8 Å². The lowest BCUT2D eigenvalue weighted by molar-refractivity contribution is -0.282. The number of nitrogens with zero attached hydrogens (tertiary/aromatic N) is 9. The van der Waals surface area contributed by atoms with Gasteiger partial charge in [-0.05, 0) is 102 Å². The number of nitrogens with one attached hydrogen (secondary N) is 3. The standard InChI is InChI=1S/C70H129N15O22.H3N/c1-43-58(92)60(94)50(39-86)104-66(43)100-28-18-8-13-24-75-33-48(80-73)38-85(55(71)34-76-25-15-10-20-31-103-69-57(78-46(4)91)65(99)63(97)53(42-89)107-69)54(70(5,6)7)22-12-17-26-83(36-49-37-84(82-81-49)27-16-11-21-29-101-67-44(2)59(93)61(95)51(40-87)105-67)35-47(79-72)32-74-23-14-9-19-30-102-68-56(77-45(3)90)64(98)62(96)52(41-88)106-68;/h32-34,37,43-44,50-54,56-69,76,86-89,92-99H,8-31,35-36,38-42,71-73H2,1-7H3,(H,77,90)(H,78,91);1H3/b55-34+,74-32?,75-33?,79-47?,80-48?;/t43-,44-,50-,51-,52-,53-,54?,56-,57-,58-,59-,60+,61+,62+,63+,64-,65-,66-,67-,68-,69-;/m1./s1. The van der Waals surface area contributed by atoms with Crippen LogP contribution in [0.3, 0.4) is 0 Å². The number of nitrogens with two attached hydrogens (primary N) is 3. The van der Waals surface area contributed by atoms with Gasteiger partial charge in [0.15, 0.2) is 25.2 Å². The van der Waals surface area contributed by atoms with E-state index in [0.29, 0.717) is 134 Å². The van der Waals surface area contributed by atoms with Gasteiger partial charge >= 0.3 is 0 Å². The van der Waals surface area contributed by atoms with Gasteiger partial charge in [0.05, 0.1) is 62.3 Å². The second-order valence-corrected chi connectivity index (χ2v) is 29.2. The molecule has 0 bridgehead atoms. The molecule has 1 unspecified atom stereocenters.